The van der Waals surface area contributed by atoms with E-state index in [4.69, 9.17) is 4.52 Å². The van der Waals surface area contributed by atoms with Gasteiger partial charge in [0.25, 0.3) is 0 Å². The van der Waals surface area contributed by atoms with Crippen LogP contribution in [-0.4, -0.2) is 31.2 Å². The Kier molecular flexibility index (Phi) is 7.62. The molecule has 104 valence electrons. The van der Waals surface area contributed by atoms with Gasteiger partial charge in [0.1, 0.15) is 5.76 Å². The summed E-state index contributed by atoms with van der Waals surface area (Å²) in [7, 11) is 1.84. The van der Waals surface area contributed by atoms with Crippen LogP contribution in [0.25, 0.3) is 0 Å². The second kappa shape index (κ2) is 8.11. The van der Waals surface area contributed by atoms with Gasteiger partial charge in [-0.25, -0.2) is 0 Å². The minimum atomic E-state index is -0.00957. The van der Waals surface area contributed by atoms with Crippen molar-refractivity contribution in [2.45, 2.75) is 27.2 Å². The lowest BCUT2D eigenvalue weighted by molar-refractivity contribution is -0.124. The number of carbonyl (C=O) groups is 1. The van der Waals surface area contributed by atoms with Gasteiger partial charge in [0.15, 0.2) is 0 Å². The summed E-state index contributed by atoms with van der Waals surface area (Å²) >= 11 is 0. The Morgan fingerprint density at radius 1 is 1.44 bits per heavy atom. The molecule has 1 aromatic rings. The fourth-order valence-electron chi connectivity index (χ4n) is 1.74. The molecular formula is C12H22ClN3O2. The largest absolute Gasteiger partial charge is 0.361 e. The third-order valence-electron chi connectivity index (χ3n) is 2.81. The Labute approximate surface area is 114 Å². The summed E-state index contributed by atoms with van der Waals surface area (Å²) in [5.41, 5.74) is 1.99. The molecule has 0 fully saturated rings. The molecule has 0 bridgehead atoms. The van der Waals surface area contributed by atoms with Crippen LogP contribution in [0.2, 0.25) is 0 Å². The molecule has 1 aromatic heterocycles. The average molecular weight is 276 g/mol. The lowest BCUT2D eigenvalue weighted by Gasteiger charge is -2.11. The number of hydrogen-bond acceptors (Lipinski definition) is 4. The van der Waals surface area contributed by atoms with Crippen molar-refractivity contribution in [1.82, 2.24) is 15.8 Å². The molecule has 0 aliphatic rings. The summed E-state index contributed by atoms with van der Waals surface area (Å²) in [5, 5.41) is 9.78. The highest BCUT2D eigenvalue weighted by atomic mass is 35.5. The quantitative estimate of drug-likeness (QED) is 0.819. The van der Waals surface area contributed by atoms with Crippen molar-refractivity contribution < 1.29 is 9.32 Å². The molecule has 1 amide bonds. The summed E-state index contributed by atoms with van der Waals surface area (Å²) in [6.07, 6.45) is 0.763. The van der Waals surface area contributed by atoms with Gasteiger partial charge in [-0.3, -0.25) is 4.79 Å². The van der Waals surface area contributed by atoms with E-state index in [1.165, 1.54) is 0 Å². The maximum absolute atomic E-state index is 11.6. The predicted octanol–water partition coefficient (Wildman–Crippen LogP) is 1.23. The second-order valence-electron chi connectivity index (χ2n) is 4.30. The number of aromatic nitrogens is 1. The molecule has 1 heterocycles. The Bertz CT molecular complexity index is 360. The first-order valence-electron chi connectivity index (χ1n) is 5.90. The van der Waals surface area contributed by atoms with Gasteiger partial charge in [0.05, 0.1) is 5.69 Å². The van der Waals surface area contributed by atoms with Gasteiger partial charge in [-0.2, -0.15) is 0 Å². The van der Waals surface area contributed by atoms with Crippen LogP contribution in [0.15, 0.2) is 4.52 Å². The fourth-order valence-corrected chi connectivity index (χ4v) is 1.74. The number of halogens is 1. The molecular weight excluding hydrogens is 254 g/mol. The molecule has 2 N–H and O–H groups in total. The topological polar surface area (TPSA) is 67.2 Å². The molecule has 0 saturated carbocycles. The van der Waals surface area contributed by atoms with E-state index in [0.717, 1.165) is 23.4 Å². The van der Waals surface area contributed by atoms with Gasteiger partial charge in [0, 0.05) is 24.6 Å². The SMILES string of the molecule is CNCC(C)C(=O)NCCc1c(C)noc1C.Cl. The summed E-state index contributed by atoms with van der Waals surface area (Å²) in [6.45, 7) is 7.02. The molecule has 1 atom stereocenters. The number of aryl methyl sites for hydroxylation is 2. The van der Waals surface area contributed by atoms with Crippen LogP contribution < -0.4 is 10.6 Å². The molecule has 6 heteroatoms. The molecule has 0 spiro atoms. The van der Waals surface area contributed by atoms with Crippen molar-refractivity contribution in [2.24, 2.45) is 5.92 Å². The smallest absolute Gasteiger partial charge is 0.224 e. The number of amides is 1. The Morgan fingerprint density at radius 2 is 2.11 bits per heavy atom. The maximum Gasteiger partial charge on any atom is 0.224 e. The van der Waals surface area contributed by atoms with Crippen molar-refractivity contribution in [3.63, 3.8) is 0 Å². The zero-order valence-electron chi connectivity index (χ0n) is 11.4. The summed E-state index contributed by atoms with van der Waals surface area (Å²) in [5.74, 6) is 0.899. The summed E-state index contributed by atoms with van der Waals surface area (Å²) in [4.78, 5) is 11.6. The first-order valence-corrected chi connectivity index (χ1v) is 5.90. The van der Waals surface area contributed by atoms with Crippen molar-refractivity contribution in [1.29, 1.82) is 0 Å². The Hall–Kier alpha value is -1.07. The zero-order valence-corrected chi connectivity index (χ0v) is 12.2. The molecule has 0 saturated heterocycles. The van der Waals surface area contributed by atoms with Crippen LogP contribution in [-0.2, 0) is 11.2 Å². The zero-order chi connectivity index (χ0) is 12.8. The number of carbonyl (C=O) groups excluding carboxylic acids is 1. The number of nitrogens with one attached hydrogen (secondary N) is 2. The first kappa shape index (κ1) is 16.9. The molecule has 0 aliphatic carbocycles. The van der Waals surface area contributed by atoms with Gasteiger partial charge in [0.2, 0.25) is 5.91 Å². The van der Waals surface area contributed by atoms with Crippen molar-refractivity contribution >= 4 is 18.3 Å². The molecule has 0 aromatic carbocycles. The van der Waals surface area contributed by atoms with Gasteiger partial charge in [-0.1, -0.05) is 12.1 Å². The van der Waals surface area contributed by atoms with E-state index in [9.17, 15) is 4.79 Å². The highest BCUT2D eigenvalue weighted by molar-refractivity contribution is 5.85. The molecule has 0 radical (unpaired) electrons. The van der Waals surface area contributed by atoms with Gasteiger partial charge < -0.3 is 15.2 Å². The van der Waals surface area contributed by atoms with E-state index >= 15 is 0 Å². The normalized spacial score (nSPS) is 11.8. The average Bonchev–Trinajstić information content (AvgIpc) is 2.60. The van der Waals surface area contributed by atoms with E-state index in [0.29, 0.717) is 13.1 Å². The second-order valence-corrected chi connectivity index (χ2v) is 4.30. The van der Waals surface area contributed by atoms with Crippen molar-refractivity contribution in [2.75, 3.05) is 20.1 Å². The van der Waals surface area contributed by atoms with Crippen molar-refractivity contribution in [3.05, 3.63) is 17.0 Å². The fraction of sp³-hybridized carbons (Fsp3) is 0.667. The van der Waals surface area contributed by atoms with E-state index in [1.54, 1.807) is 0 Å². The molecule has 5 nitrogen and oxygen atoms in total. The van der Waals surface area contributed by atoms with Crippen LogP contribution in [0.5, 0.6) is 0 Å². The van der Waals surface area contributed by atoms with Crippen LogP contribution in [0.4, 0.5) is 0 Å². The van der Waals surface area contributed by atoms with Gasteiger partial charge in [-0.05, 0) is 27.3 Å². The number of rotatable bonds is 6. The standard InChI is InChI=1S/C12H21N3O2.ClH/c1-8(7-13-4)12(16)14-6-5-11-9(2)15-17-10(11)3;/h8,13H,5-7H2,1-4H3,(H,14,16);1H. The van der Waals surface area contributed by atoms with E-state index in [2.05, 4.69) is 15.8 Å². The van der Waals surface area contributed by atoms with E-state index in [1.807, 2.05) is 27.8 Å². The highest BCUT2D eigenvalue weighted by Crippen LogP contribution is 2.12. The number of hydrogen-bond donors (Lipinski definition) is 2. The first-order chi connectivity index (χ1) is 8.06. The highest BCUT2D eigenvalue weighted by Gasteiger charge is 2.12. The third-order valence-corrected chi connectivity index (χ3v) is 2.81. The van der Waals surface area contributed by atoms with Crippen LogP contribution >= 0.6 is 12.4 Å². The summed E-state index contributed by atoms with van der Waals surface area (Å²) in [6, 6.07) is 0. The maximum atomic E-state index is 11.6. The van der Waals surface area contributed by atoms with E-state index in [-0.39, 0.29) is 24.2 Å². The van der Waals surface area contributed by atoms with Crippen LogP contribution in [0.1, 0.15) is 23.9 Å². The lowest BCUT2D eigenvalue weighted by atomic mass is 10.1. The van der Waals surface area contributed by atoms with Crippen LogP contribution in [0, 0.1) is 19.8 Å². The predicted molar refractivity (Wildman–Crippen MR) is 73.0 cm³/mol. The van der Waals surface area contributed by atoms with E-state index < -0.39 is 0 Å². The summed E-state index contributed by atoms with van der Waals surface area (Å²) < 4.78 is 5.07. The number of nitrogens with zero attached hydrogens (tertiary/aromatic N) is 1. The third kappa shape index (κ3) is 4.66. The van der Waals surface area contributed by atoms with Crippen LogP contribution in [0.3, 0.4) is 0 Å². The Morgan fingerprint density at radius 3 is 2.61 bits per heavy atom. The van der Waals surface area contributed by atoms with Crippen molar-refractivity contribution in [3.8, 4) is 0 Å². The Balaban J connectivity index is 0.00000289. The van der Waals surface area contributed by atoms with Gasteiger partial charge >= 0.3 is 0 Å². The lowest BCUT2D eigenvalue weighted by Crippen LogP contribution is -2.35. The monoisotopic (exact) mass is 275 g/mol. The minimum absolute atomic E-state index is 0. The molecule has 1 rings (SSSR count). The molecule has 1 unspecified atom stereocenters. The minimum Gasteiger partial charge on any atom is -0.361 e. The molecule has 18 heavy (non-hydrogen) atoms. The van der Waals surface area contributed by atoms with Gasteiger partial charge in [-0.15, -0.1) is 12.4 Å². The molecule has 0 aliphatic heterocycles.